The van der Waals surface area contributed by atoms with Gasteiger partial charge in [0.25, 0.3) is 0 Å². The monoisotopic (exact) mass is 227 g/mol. The molecule has 0 radical (unpaired) electrons. The predicted octanol–water partition coefficient (Wildman–Crippen LogP) is 1.72. The highest BCUT2D eigenvalue weighted by Gasteiger charge is 2.33. The Morgan fingerprint density at radius 3 is 1.77 bits per heavy atom. The highest BCUT2D eigenvalue weighted by molar-refractivity contribution is 7.90. The second-order valence-electron chi connectivity index (χ2n) is 4.74. The topological polar surface area (TPSA) is 46.2 Å². The standard InChI is InChI=1S/C8H18ClNO2S/c1-7(2,3)13(11,12)10-8(4,5)6-9/h10H,6H2,1-5H3. The molecule has 0 fully saturated rings. The molecule has 80 valence electrons. The fourth-order valence-corrected chi connectivity index (χ4v) is 1.80. The van der Waals surface area contributed by atoms with Gasteiger partial charge in [-0.25, -0.2) is 13.1 Å². The van der Waals surface area contributed by atoms with Gasteiger partial charge < -0.3 is 0 Å². The normalized spacial score (nSPS) is 14.6. The number of sulfonamides is 1. The van der Waals surface area contributed by atoms with Gasteiger partial charge in [0.2, 0.25) is 10.0 Å². The lowest BCUT2D eigenvalue weighted by Crippen LogP contribution is -2.51. The minimum atomic E-state index is -3.30. The summed E-state index contributed by atoms with van der Waals surface area (Å²) >= 11 is 5.62. The first-order valence-corrected chi connectivity index (χ1v) is 6.13. The van der Waals surface area contributed by atoms with Crippen molar-refractivity contribution in [2.75, 3.05) is 5.88 Å². The minimum absolute atomic E-state index is 0.252. The van der Waals surface area contributed by atoms with E-state index in [1.54, 1.807) is 34.6 Å². The molecule has 0 aliphatic heterocycles. The maximum atomic E-state index is 11.7. The van der Waals surface area contributed by atoms with Crippen molar-refractivity contribution in [3.63, 3.8) is 0 Å². The third kappa shape index (κ3) is 3.83. The van der Waals surface area contributed by atoms with Crippen molar-refractivity contribution in [1.82, 2.24) is 4.72 Å². The molecule has 0 aromatic rings. The average Bonchev–Trinajstić information content (AvgIpc) is 1.83. The van der Waals surface area contributed by atoms with Gasteiger partial charge in [-0.05, 0) is 34.6 Å². The Morgan fingerprint density at radius 2 is 1.54 bits per heavy atom. The molecule has 0 aliphatic carbocycles. The predicted molar refractivity (Wildman–Crippen MR) is 56.6 cm³/mol. The van der Waals surface area contributed by atoms with E-state index >= 15 is 0 Å². The van der Waals surface area contributed by atoms with E-state index in [0.717, 1.165) is 0 Å². The van der Waals surface area contributed by atoms with Gasteiger partial charge in [-0.15, -0.1) is 11.6 Å². The second kappa shape index (κ2) is 3.75. The van der Waals surface area contributed by atoms with E-state index in [0.29, 0.717) is 0 Å². The molecule has 0 amide bonds. The molecule has 0 rings (SSSR count). The van der Waals surface area contributed by atoms with Crippen molar-refractivity contribution in [2.24, 2.45) is 0 Å². The summed E-state index contributed by atoms with van der Waals surface area (Å²) < 4.78 is 25.1. The van der Waals surface area contributed by atoms with E-state index in [1.165, 1.54) is 0 Å². The van der Waals surface area contributed by atoms with E-state index in [2.05, 4.69) is 4.72 Å². The molecule has 13 heavy (non-hydrogen) atoms. The van der Waals surface area contributed by atoms with Crippen molar-refractivity contribution in [1.29, 1.82) is 0 Å². The Hall–Kier alpha value is 0.200. The van der Waals surface area contributed by atoms with Crippen LogP contribution in [-0.4, -0.2) is 24.6 Å². The zero-order chi connectivity index (χ0) is 10.9. The maximum Gasteiger partial charge on any atom is 0.217 e. The van der Waals surface area contributed by atoms with Crippen molar-refractivity contribution in [3.8, 4) is 0 Å². The molecule has 0 aromatic carbocycles. The highest BCUT2D eigenvalue weighted by Crippen LogP contribution is 2.17. The fourth-order valence-electron chi connectivity index (χ4n) is 0.544. The molecular weight excluding hydrogens is 210 g/mol. The molecular formula is C8H18ClNO2S. The molecule has 1 N–H and O–H groups in total. The van der Waals surface area contributed by atoms with Crippen LogP contribution in [0.3, 0.4) is 0 Å². The van der Waals surface area contributed by atoms with Crippen LogP contribution in [0.25, 0.3) is 0 Å². The van der Waals surface area contributed by atoms with Gasteiger partial charge >= 0.3 is 0 Å². The van der Waals surface area contributed by atoms with Crippen molar-refractivity contribution >= 4 is 21.6 Å². The van der Waals surface area contributed by atoms with E-state index in [-0.39, 0.29) is 5.88 Å². The molecule has 0 aliphatic rings. The van der Waals surface area contributed by atoms with Crippen LogP contribution < -0.4 is 4.72 Å². The van der Waals surface area contributed by atoms with Gasteiger partial charge in [-0.2, -0.15) is 0 Å². The van der Waals surface area contributed by atoms with E-state index in [9.17, 15) is 8.42 Å². The van der Waals surface area contributed by atoms with Gasteiger partial charge in [-0.1, -0.05) is 0 Å². The molecule has 0 saturated carbocycles. The summed E-state index contributed by atoms with van der Waals surface area (Å²) in [4.78, 5) is 0. The number of halogens is 1. The molecule has 0 unspecified atom stereocenters. The number of nitrogens with one attached hydrogen (secondary N) is 1. The van der Waals surface area contributed by atoms with E-state index < -0.39 is 20.3 Å². The quantitative estimate of drug-likeness (QED) is 0.747. The minimum Gasteiger partial charge on any atom is -0.212 e. The van der Waals surface area contributed by atoms with Gasteiger partial charge in [0.1, 0.15) is 0 Å². The Kier molecular flexibility index (Phi) is 3.81. The van der Waals surface area contributed by atoms with E-state index in [4.69, 9.17) is 11.6 Å². The van der Waals surface area contributed by atoms with Gasteiger partial charge in [-0.3, -0.25) is 0 Å². The summed E-state index contributed by atoms with van der Waals surface area (Å²) in [5, 5.41) is 0. The fraction of sp³-hybridized carbons (Fsp3) is 1.00. The summed E-state index contributed by atoms with van der Waals surface area (Å²) in [6.45, 7) is 8.46. The largest absolute Gasteiger partial charge is 0.217 e. The van der Waals surface area contributed by atoms with Crippen LogP contribution in [0, 0.1) is 0 Å². The lowest BCUT2D eigenvalue weighted by molar-refractivity contribution is 0.477. The van der Waals surface area contributed by atoms with Crippen LogP contribution in [0.2, 0.25) is 0 Å². The first-order valence-electron chi connectivity index (χ1n) is 4.11. The molecule has 0 atom stereocenters. The molecule has 3 nitrogen and oxygen atoms in total. The summed E-state index contributed by atoms with van der Waals surface area (Å²) in [5.74, 6) is 0.252. The highest BCUT2D eigenvalue weighted by atomic mass is 35.5. The first-order chi connectivity index (χ1) is 5.52. The Morgan fingerprint density at radius 1 is 1.15 bits per heavy atom. The lowest BCUT2D eigenvalue weighted by atomic mass is 10.1. The van der Waals surface area contributed by atoms with Gasteiger partial charge in [0.15, 0.2) is 0 Å². The number of rotatable bonds is 3. The van der Waals surface area contributed by atoms with Crippen LogP contribution in [-0.2, 0) is 10.0 Å². The zero-order valence-electron chi connectivity index (χ0n) is 8.81. The second-order valence-corrected chi connectivity index (χ2v) is 7.44. The van der Waals surface area contributed by atoms with Crippen LogP contribution >= 0.6 is 11.6 Å². The summed E-state index contributed by atoms with van der Waals surface area (Å²) in [7, 11) is -3.30. The Bertz CT molecular complexity index is 264. The van der Waals surface area contributed by atoms with Crippen molar-refractivity contribution < 1.29 is 8.42 Å². The summed E-state index contributed by atoms with van der Waals surface area (Å²) in [6, 6.07) is 0. The Balaban J connectivity index is 4.74. The number of hydrogen-bond acceptors (Lipinski definition) is 2. The SMILES string of the molecule is CC(C)(CCl)NS(=O)(=O)C(C)(C)C. The van der Waals surface area contributed by atoms with Crippen LogP contribution in [0.4, 0.5) is 0 Å². The van der Waals surface area contributed by atoms with Crippen molar-refractivity contribution in [3.05, 3.63) is 0 Å². The molecule has 0 spiro atoms. The maximum absolute atomic E-state index is 11.7. The smallest absolute Gasteiger partial charge is 0.212 e. The molecule has 5 heteroatoms. The molecule has 0 saturated heterocycles. The molecule has 0 heterocycles. The van der Waals surface area contributed by atoms with Crippen LogP contribution in [0.15, 0.2) is 0 Å². The van der Waals surface area contributed by atoms with E-state index in [1.807, 2.05) is 0 Å². The van der Waals surface area contributed by atoms with Crippen molar-refractivity contribution in [2.45, 2.75) is 44.9 Å². The third-order valence-corrected chi connectivity index (χ3v) is 4.65. The summed E-state index contributed by atoms with van der Waals surface area (Å²) in [5.41, 5.74) is -0.590. The van der Waals surface area contributed by atoms with Gasteiger partial charge in [0.05, 0.1) is 4.75 Å². The third-order valence-electron chi connectivity index (χ3n) is 1.55. The molecule has 0 bridgehead atoms. The first kappa shape index (κ1) is 13.2. The number of hydrogen-bond donors (Lipinski definition) is 1. The number of alkyl halides is 1. The molecule has 0 aromatic heterocycles. The van der Waals surface area contributed by atoms with Gasteiger partial charge in [0, 0.05) is 11.4 Å². The lowest BCUT2D eigenvalue weighted by Gasteiger charge is -2.28. The van der Waals surface area contributed by atoms with Crippen LogP contribution in [0.1, 0.15) is 34.6 Å². The van der Waals surface area contributed by atoms with Crippen LogP contribution in [0.5, 0.6) is 0 Å². The zero-order valence-corrected chi connectivity index (χ0v) is 10.4. The summed E-state index contributed by atoms with van der Waals surface area (Å²) in [6.07, 6.45) is 0. The Labute approximate surface area is 85.9 Å². The average molecular weight is 228 g/mol.